The number of carbonyl (C=O) groups is 1. The van der Waals surface area contributed by atoms with E-state index < -0.39 is 11.9 Å². The maximum atomic E-state index is 13.9. The highest BCUT2D eigenvalue weighted by Gasteiger charge is 2.22. The lowest BCUT2D eigenvalue weighted by molar-refractivity contribution is 0.0709. The van der Waals surface area contributed by atoms with Crippen LogP contribution < -0.4 is 15.8 Å². The molecule has 0 spiro atoms. The Balaban J connectivity index is 1.54. The second-order valence-corrected chi connectivity index (χ2v) is 9.09. The molecule has 1 amide bonds. The van der Waals surface area contributed by atoms with E-state index in [4.69, 9.17) is 33.7 Å². The molecule has 0 aliphatic carbocycles. The number of aromatic nitrogens is 1. The van der Waals surface area contributed by atoms with Crippen molar-refractivity contribution in [2.45, 2.75) is 26.0 Å². The van der Waals surface area contributed by atoms with Gasteiger partial charge >= 0.3 is 0 Å². The standard InChI is InChI=1S/C25H25Cl2FN4O2/c1-14-13-32(10-9-30-14)25(33)17-5-3-16(4-6-17)18-11-21(24(29)31-12-18)34-15(2)22-19(26)7-8-20(28)23(22)27/h3-8,11-12,14-15,30H,9-10,13H2,1-2H3,(H2,29,31). The molecular formula is C25H25Cl2FN4O2. The van der Waals surface area contributed by atoms with Gasteiger partial charge in [-0.3, -0.25) is 4.79 Å². The number of amides is 1. The van der Waals surface area contributed by atoms with Crippen LogP contribution in [0.15, 0.2) is 48.7 Å². The van der Waals surface area contributed by atoms with Crippen LogP contribution in [-0.4, -0.2) is 41.5 Å². The third-order valence-electron chi connectivity index (χ3n) is 5.79. The maximum Gasteiger partial charge on any atom is 0.253 e. The van der Waals surface area contributed by atoms with Gasteiger partial charge in [-0.25, -0.2) is 9.37 Å². The molecule has 2 atom stereocenters. The first-order valence-corrected chi connectivity index (χ1v) is 11.7. The zero-order chi connectivity index (χ0) is 24.4. The molecule has 0 saturated carbocycles. The predicted octanol–water partition coefficient (Wildman–Crippen LogP) is 5.35. The van der Waals surface area contributed by atoms with E-state index >= 15 is 0 Å². The number of anilines is 1. The van der Waals surface area contributed by atoms with Gasteiger partial charge in [0, 0.05) is 53.6 Å². The van der Waals surface area contributed by atoms with Crippen LogP contribution in [0, 0.1) is 5.82 Å². The quantitative estimate of drug-likeness (QED) is 0.459. The van der Waals surface area contributed by atoms with E-state index in [0.717, 1.165) is 17.7 Å². The van der Waals surface area contributed by atoms with Gasteiger partial charge in [0.1, 0.15) is 11.9 Å². The molecular weight excluding hydrogens is 478 g/mol. The molecule has 34 heavy (non-hydrogen) atoms. The number of nitrogens with two attached hydrogens (primary N) is 1. The number of nitrogen functional groups attached to an aromatic ring is 1. The molecule has 6 nitrogen and oxygen atoms in total. The number of pyridine rings is 1. The molecule has 1 aliphatic rings. The molecule has 0 bridgehead atoms. The van der Waals surface area contributed by atoms with E-state index in [1.54, 1.807) is 31.3 Å². The van der Waals surface area contributed by atoms with Crippen LogP contribution in [-0.2, 0) is 0 Å². The topological polar surface area (TPSA) is 80.5 Å². The summed E-state index contributed by atoms with van der Waals surface area (Å²) in [5.41, 5.74) is 8.58. The van der Waals surface area contributed by atoms with Crippen LogP contribution in [0.3, 0.4) is 0 Å². The molecule has 4 rings (SSSR count). The van der Waals surface area contributed by atoms with E-state index in [1.807, 2.05) is 17.0 Å². The van der Waals surface area contributed by atoms with Crippen LogP contribution in [0.2, 0.25) is 10.0 Å². The van der Waals surface area contributed by atoms with E-state index in [2.05, 4.69) is 17.2 Å². The number of nitrogens with one attached hydrogen (secondary N) is 1. The van der Waals surface area contributed by atoms with Gasteiger partial charge in [-0.2, -0.15) is 0 Å². The summed E-state index contributed by atoms with van der Waals surface area (Å²) in [6, 6.07) is 12.0. The van der Waals surface area contributed by atoms with Crippen molar-refractivity contribution in [3.8, 4) is 16.9 Å². The van der Waals surface area contributed by atoms with E-state index in [-0.39, 0.29) is 22.8 Å². The Hall–Kier alpha value is -2.87. The number of piperazine rings is 1. The first kappa shape index (κ1) is 24.3. The summed E-state index contributed by atoms with van der Waals surface area (Å²) in [7, 11) is 0. The Morgan fingerprint density at radius 3 is 2.68 bits per heavy atom. The Kier molecular flexibility index (Phi) is 7.26. The third kappa shape index (κ3) is 5.12. The van der Waals surface area contributed by atoms with Gasteiger partial charge in [-0.1, -0.05) is 35.3 Å². The number of hydrogen-bond donors (Lipinski definition) is 2. The molecule has 2 aromatic carbocycles. The van der Waals surface area contributed by atoms with E-state index in [9.17, 15) is 9.18 Å². The normalized spacial score (nSPS) is 16.9. The Bertz CT molecular complexity index is 1210. The number of hydrogen-bond acceptors (Lipinski definition) is 5. The number of nitrogens with zero attached hydrogens (tertiary/aromatic N) is 2. The van der Waals surface area contributed by atoms with Crippen molar-refractivity contribution in [2.75, 3.05) is 25.4 Å². The van der Waals surface area contributed by atoms with Crippen LogP contribution in [0.1, 0.15) is 35.9 Å². The summed E-state index contributed by atoms with van der Waals surface area (Å²) in [6.45, 7) is 5.92. The number of ether oxygens (including phenoxy) is 1. The van der Waals surface area contributed by atoms with Gasteiger partial charge in [0.15, 0.2) is 11.6 Å². The van der Waals surface area contributed by atoms with Gasteiger partial charge < -0.3 is 20.7 Å². The molecule has 2 unspecified atom stereocenters. The lowest BCUT2D eigenvalue weighted by Gasteiger charge is -2.32. The fraction of sp³-hybridized carbons (Fsp3) is 0.280. The van der Waals surface area contributed by atoms with Crippen molar-refractivity contribution in [1.29, 1.82) is 0 Å². The number of carbonyl (C=O) groups excluding carboxylic acids is 1. The van der Waals surface area contributed by atoms with Gasteiger partial charge in [0.25, 0.3) is 5.91 Å². The highest BCUT2D eigenvalue weighted by molar-refractivity contribution is 6.36. The smallest absolute Gasteiger partial charge is 0.253 e. The molecule has 178 valence electrons. The van der Waals surface area contributed by atoms with Crippen LogP contribution >= 0.6 is 23.2 Å². The summed E-state index contributed by atoms with van der Waals surface area (Å²) >= 11 is 12.3. The average Bonchev–Trinajstić information content (AvgIpc) is 2.83. The van der Waals surface area contributed by atoms with Crippen molar-refractivity contribution in [3.05, 3.63) is 75.7 Å². The predicted molar refractivity (Wildman–Crippen MR) is 133 cm³/mol. The highest BCUT2D eigenvalue weighted by atomic mass is 35.5. The second-order valence-electron chi connectivity index (χ2n) is 8.31. The minimum atomic E-state index is -0.670. The zero-order valence-corrected chi connectivity index (χ0v) is 20.3. The molecule has 9 heteroatoms. The van der Waals surface area contributed by atoms with Gasteiger partial charge in [-0.05, 0) is 49.7 Å². The molecule has 1 aliphatic heterocycles. The van der Waals surface area contributed by atoms with Crippen molar-refractivity contribution < 1.29 is 13.9 Å². The van der Waals surface area contributed by atoms with E-state index in [0.29, 0.717) is 35.0 Å². The minimum Gasteiger partial charge on any atom is -0.482 e. The molecule has 2 heterocycles. The van der Waals surface area contributed by atoms with Crippen molar-refractivity contribution in [3.63, 3.8) is 0 Å². The monoisotopic (exact) mass is 502 g/mol. The van der Waals surface area contributed by atoms with E-state index in [1.165, 1.54) is 12.1 Å². The molecule has 3 aromatic rings. The lowest BCUT2D eigenvalue weighted by Crippen LogP contribution is -2.51. The molecule has 1 fully saturated rings. The largest absolute Gasteiger partial charge is 0.482 e. The first-order valence-electron chi connectivity index (χ1n) is 10.9. The molecule has 3 N–H and O–H groups in total. The first-order chi connectivity index (χ1) is 16.2. The Morgan fingerprint density at radius 1 is 1.24 bits per heavy atom. The summed E-state index contributed by atoms with van der Waals surface area (Å²) in [5.74, 6) is -0.0754. The zero-order valence-electron chi connectivity index (χ0n) is 18.8. The Morgan fingerprint density at radius 2 is 1.97 bits per heavy atom. The molecule has 1 aromatic heterocycles. The summed E-state index contributed by atoms with van der Waals surface area (Å²) in [5, 5.41) is 3.53. The number of rotatable bonds is 5. The summed E-state index contributed by atoms with van der Waals surface area (Å²) in [4.78, 5) is 18.9. The number of benzene rings is 2. The highest BCUT2D eigenvalue weighted by Crippen LogP contribution is 2.37. The van der Waals surface area contributed by atoms with Crippen LogP contribution in [0.25, 0.3) is 11.1 Å². The fourth-order valence-corrected chi connectivity index (χ4v) is 4.65. The average molecular weight is 503 g/mol. The third-order valence-corrected chi connectivity index (χ3v) is 6.51. The van der Waals surface area contributed by atoms with Crippen LogP contribution in [0.5, 0.6) is 5.75 Å². The van der Waals surface area contributed by atoms with Gasteiger partial charge in [0.2, 0.25) is 0 Å². The van der Waals surface area contributed by atoms with Crippen molar-refractivity contribution in [2.24, 2.45) is 0 Å². The molecule has 0 radical (unpaired) electrons. The SMILES string of the molecule is CC1CN(C(=O)c2ccc(-c3cnc(N)c(OC(C)c4c(Cl)ccc(F)c4Cl)c3)cc2)CCN1. The summed E-state index contributed by atoms with van der Waals surface area (Å²) in [6.07, 6.45) is 0.959. The minimum absolute atomic E-state index is 0.0111. The fourth-order valence-electron chi connectivity index (χ4n) is 3.98. The van der Waals surface area contributed by atoms with Crippen LogP contribution in [0.4, 0.5) is 10.2 Å². The van der Waals surface area contributed by atoms with Gasteiger partial charge in [0.05, 0.1) is 5.02 Å². The Labute approximate surface area is 207 Å². The maximum absolute atomic E-state index is 13.9. The van der Waals surface area contributed by atoms with Crippen molar-refractivity contribution >= 4 is 34.9 Å². The van der Waals surface area contributed by atoms with Crippen molar-refractivity contribution in [1.82, 2.24) is 15.2 Å². The van der Waals surface area contributed by atoms with Gasteiger partial charge in [-0.15, -0.1) is 0 Å². The number of halogens is 3. The molecule has 1 saturated heterocycles. The summed E-state index contributed by atoms with van der Waals surface area (Å²) < 4.78 is 19.9. The lowest BCUT2D eigenvalue weighted by atomic mass is 10.0. The second kappa shape index (κ2) is 10.2.